The quantitative estimate of drug-likeness (QED) is 0.541. The Morgan fingerprint density at radius 1 is 1.00 bits per heavy atom. The molecule has 2 nitrogen and oxygen atoms in total. The first kappa shape index (κ1) is 25.7. The molecule has 1 unspecified atom stereocenters. The van der Waals surface area contributed by atoms with Crippen LogP contribution in [0.5, 0.6) is 0 Å². The van der Waals surface area contributed by atoms with Crippen molar-refractivity contribution < 1.29 is 0 Å². The zero-order valence-electron chi connectivity index (χ0n) is 19.6. The van der Waals surface area contributed by atoms with Gasteiger partial charge in [0.15, 0.2) is 0 Å². The van der Waals surface area contributed by atoms with E-state index in [-0.39, 0.29) is 0 Å². The molecule has 2 heterocycles. The number of halogens is 1. The molecule has 1 aliphatic heterocycles. The van der Waals surface area contributed by atoms with Crippen molar-refractivity contribution in [3.05, 3.63) is 63.4 Å². The molecule has 1 saturated heterocycles. The van der Waals surface area contributed by atoms with Crippen LogP contribution in [-0.4, -0.2) is 18.1 Å². The molecular weight excluding hydrogens is 376 g/mol. The summed E-state index contributed by atoms with van der Waals surface area (Å²) in [5.74, 6) is 1.19. The smallest absolute Gasteiger partial charge is 0.0507 e. The fraction of sp³-hybridized carbons (Fsp3) is 0.577. The Labute approximate surface area is 184 Å². The molecule has 1 aromatic heterocycles. The SMILES string of the molecule is CC.CC.Cc1cnc(C(CCC2CCNCC2)c2ccc(Cl)cc2C)c(C)c1. The fourth-order valence-electron chi connectivity index (χ4n) is 4.13. The van der Waals surface area contributed by atoms with Crippen molar-refractivity contribution in [2.75, 3.05) is 13.1 Å². The fourth-order valence-corrected chi connectivity index (χ4v) is 4.36. The van der Waals surface area contributed by atoms with Crippen LogP contribution < -0.4 is 5.32 Å². The molecule has 0 radical (unpaired) electrons. The van der Waals surface area contributed by atoms with Crippen molar-refractivity contribution in [2.24, 2.45) is 5.92 Å². The van der Waals surface area contributed by atoms with Crippen molar-refractivity contribution in [1.82, 2.24) is 10.3 Å². The van der Waals surface area contributed by atoms with E-state index in [1.54, 1.807) is 0 Å². The monoisotopic (exact) mass is 416 g/mol. The van der Waals surface area contributed by atoms with E-state index in [1.165, 1.54) is 47.2 Å². The summed E-state index contributed by atoms with van der Waals surface area (Å²) in [6.07, 6.45) is 7.03. The summed E-state index contributed by atoms with van der Waals surface area (Å²) in [5.41, 5.74) is 6.39. The number of nitrogens with one attached hydrogen (secondary N) is 1. The molecule has 1 aromatic carbocycles. The number of piperidine rings is 1. The Morgan fingerprint density at radius 2 is 1.66 bits per heavy atom. The summed E-state index contributed by atoms with van der Waals surface area (Å²) in [6, 6.07) is 8.56. The van der Waals surface area contributed by atoms with Crippen molar-refractivity contribution >= 4 is 11.6 Å². The Balaban J connectivity index is 0.000000989. The third kappa shape index (κ3) is 7.75. The predicted molar refractivity (Wildman–Crippen MR) is 129 cm³/mol. The van der Waals surface area contributed by atoms with Gasteiger partial charge in [0, 0.05) is 17.1 Å². The second-order valence-corrected chi connectivity index (χ2v) is 7.98. The zero-order chi connectivity index (χ0) is 21.8. The zero-order valence-corrected chi connectivity index (χ0v) is 20.4. The number of aryl methyl sites for hydroxylation is 3. The standard InChI is InChI=1S/C22H29ClN2.2C2H6/c1-15-12-17(3)22(25-14-15)21(6-4-18-8-10-24-11-9-18)20-7-5-19(23)13-16(20)2;2*1-2/h5,7,12-14,18,21,24H,4,6,8-11H2,1-3H3;2*1-2H3. The molecule has 0 saturated carbocycles. The second-order valence-electron chi connectivity index (χ2n) is 7.54. The predicted octanol–water partition coefficient (Wildman–Crippen LogP) is 7.62. The van der Waals surface area contributed by atoms with Crippen LogP contribution >= 0.6 is 11.6 Å². The largest absolute Gasteiger partial charge is 0.317 e. The highest BCUT2D eigenvalue weighted by Gasteiger charge is 2.22. The second kappa shape index (κ2) is 13.8. The lowest BCUT2D eigenvalue weighted by molar-refractivity contribution is 0.341. The molecule has 1 atom stereocenters. The molecule has 2 aromatic rings. The van der Waals surface area contributed by atoms with Gasteiger partial charge in [-0.2, -0.15) is 0 Å². The maximum absolute atomic E-state index is 6.20. The minimum absolute atomic E-state index is 0.354. The first-order chi connectivity index (χ1) is 14.0. The van der Waals surface area contributed by atoms with Gasteiger partial charge in [-0.3, -0.25) is 4.98 Å². The molecular formula is C26H41ClN2. The van der Waals surface area contributed by atoms with E-state index in [0.29, 0.717) is 5.92 Å². The van der Waals surface area contributed by atoms with Gasteiger partial charge in [-0.25, -0.2) is 0 Å². The number of pyridine rings is 1. The molecule has 3 heteroatoms. The number of hydrogen-bond acceptors (Lipinski definition) is 2. The summed E-state index contributed by atoms with van der Waals surface area (Å²) in [7, 11) is 0. The number of hydrogen-bond donors (Lipinski definition) is 1. The van der Waals surface area contributed by atoms with Gasteiger partial charge in [-0.1, -0.05) is 51.4 Å². The van der Waals surface area contributed by atoms with Crippen LogP contribution in [0.3, 0.4) is 0 Å². The van der Waals surface area contributed by atoms with E-state index in [0.717, 1.165) is 30.5 Å². The number of aromatic nitrogens is 1. The van der Waals surface area contributed by atoms with Gasteiger partial charge >= 0.3 is 0 Å². The maximum atomic E-state index is 6.20. The average molecular weight is 417 g/mol. The normalized spacial score (nSPS) is 14.9. The van der Waals surface area contributed by atoms with Crippen molar-refractivity contribution in [3.63, 3.8) is 0 Å². The number of benzene rings is 1. The van der Waals surface area contributed by atoms with Crippen LogP contribution in [0.2, 0.25) is 5.02 Å². The van der Waals surface area contributed by atoms with Gasteiger partial charge in [0.05, 0.1) is 5.69 Å². The van der Waals surface area contributed by atoms with E-state index >= 15 is 0 Å². The summed E-state index contributed by atoms with van der Waals surface area (Å²) >= 11 is 6.20. The molecule has 1 aliphatic rings. The maximum Gasteiger partial charge on any atom is 0.0507 e. The van der Waals surface area contributed by atoms with Crippen molar-refractivity contribution in [3.8, 4) is 0 Å². The lowest BCUT2D eigenvalue weighted by Gasteiger charge is -2.26. The number of rotatable bonds is 5. The molecule has 0 bridgehead atoms. The van der Waals surface area contributed by atoms with Crippen LogP contribution in [-0.2, 0) is 0 Å². The molecule has 3 rings (SSSR count). The highest BCUT2D eigenvalue weighted by Crippen LogP contribution is 2.35. The van der Waals surface area contributed by atoms with Crippen molar-refractivity contribution in [1.29, 1.82) is 0 Å². The van der Waals surface area contributed by atoms with Crippen molar-refractivity contribution in [2.45, 2.75) is 80.1 Å². The highest BCUT2D eigenvalue weighted by molar-refractivity contribution is 6.30. The molecule has 1 N–H and O–H groups in total. The Morgan fingerprint density at radius 3 is 2.24 bits per heavy atom. The van der Waals surface area contributed by atoms with Gasteiger partial charge in [0.25, 0.3) is 0 Å². The molecule has 1 fully saturated rings. The third-order valence-corrected chi connectivity index (χ3v) is 5.75. The van der Waals surface area contributed by atoms with Gasteiger partial charge in [-0.05, 0) is 99.8 Å². The Kier molecular flexibility index (Phi) is 12.2. The molecule has 29 heavy (non-hydrogen) atoms. The molecule has 0 amide bonds. The third-order valence-electron chi connectivity index (χ3n) is 5.52. The van der Waals surface area contributed by atoms with E-state index < -0.39 is 0 Å². The van der Waals surface area contributed by atoms with E-state index in [2.05, 4.69) is 44.3 Å². The van der Waals surface area contributed by atoms with Crippen LogP contribution in [0.1, 0.15) is 87.2 Å². The minimum Gasteiger partial charge on any atom is -0.317 e. The van der Waals surface area contributed by atoms with Crippen LogP contribution in [0, 0.1) is 26.7 Å². The van der Waals surface area contributed by atoms with E-state index in [9.17, 15) is 0 Å². The minimum atomic E-state index is 0.354. The Bertz CT molecular complexity index is 669. The van der Waals surface area contributed by atoms with Crippen LogP contribution in [0.4, 0.5) is 0 Å². The van der Waals surface area contributed by atoms with Gasteiger partial charge < -0.3 is 5.32 Å². The van der Waals surface area contributed by atoms with E-state index in [4.69, 9.17) is 16.6 Å². The lowest BCUT2D eigenvalue weighted by Crippen LogP contribution is -2.28. The molecule has 0 spiro atoms. The Hall–Kier alpha value is -1.38. The number of nitrogens with zero attached hydrogens (tertiary/aromatic N) is 1. The summed E-state index contributed by atoms with van der Waals surface area (Å²) in [5, 5.41) is 4.28. The average Bonchev–Trinajstić information content (AvgIpc) is 2.74. The van der Waals surface area contributed by atoms with Gasteiger partial charge in [0.2, 0.25) is 0 Å². The molecule has 162 valence electrons. The first-order valence-corrected chi connectivity index (χ1v) is 11.8. The topological polar surface area (TPSA) is 24.9 Å². The highest BCUT2D eigenvalue weighted by atomic mass is 35.5. The van der Waals surface area contributed by atoms with Gasteiger partial charge in [0.1, 0.15) is 0 Å². The van der Waals surface area contributed by atoms with Gasteiger partial charge in [-0.15, -0.1) is 0 Å². The summed E-state index contributed by atoms with van der Waals surface area (Å²) in [6.45, 7) is 16.8. The van der Waals surface area contributed by atoms with Crippen LogP contribution in [0.15, 0.2) is 30.5 Å². The summed E-state index contributed by atoms with van der Waals surface area (Å²) in [4.78, 5) is 4.84. The first-order valence-electron chi connectivity index (χ1n) is 11.4. The van der Waals surface area contributed by atoms with E-state index in [1.807, 2.05) is 40.0 Å². The van der Waals surface area contributed by atoms with Crippen LogP contribution in [0.25, 0.3) is 0 Å². The molecule has 0 aliphatic carbocycles. The lowest BCUT2D eigenvalue weighted by atomic mass is 9.82. The summed E-state index contributed by atoms with van der Waals surface area (Å²) < 4.78 is 0.